The Morgan fingerprint density at radius 1 is 1.18 bits per heavy atom. The molecule has 6 heteroatoms. The highest BCUT2D eigenvalue weighted by Crippen LogP contribution is 2.27. The summed E-state index contributed by atoms with van der Waals surface area (Å²) in [5, 5.41) is 7.72. The van der Waals surface area contributed by atoms with Gasteiger partial charge in [-0.2, -0.15) is 0 Å². The Bertz CT molecular complexity index is 744. The molecule has 0 bridgehead atoms. The third kappa shape index (κ3) is 5.91. The molecule has 28 heavy (non-hydrogen) atoms. The van der Waals surface area contributed by atoms with E-state index in [4.69, 9.17) is 4.52 Å². The Hall–Kier alpha value is -2.18. The first-order valence-electron chi connectivity index (χ1n) is 10.1. The average molecular weight is 385 g/mol. The van der Waals surface area contributed by atoms with Crippen LogP contribution in [-0.4, -0.2) is 55.1 Å². The van der Waals surface area contributed by atoms with Gasteiger partial charge in [0.1, 0.15) is 0 Å². The lowest BCUT2D eigenvalue weighted by atomic mass is 9.81. The molecule has 0 aliphatic carbocycles. The quantitative estimate of drug-likeness (QED) is 0.758. The van der Waals surface area contributed by atoms with Crippen molar-refractivity contribution in [1.29, 1.82) is 0 Å². The van der Waals surface area contributed by atoms with E-state index in [2.05, 4.69) is 33.6 Å². The van der Waals surface area contributed by atoms with Crippen molar-refractivity contribution in [3.63, 3.8) is 0 Å². The molecule has 2 atom stereocenters. The van der Waals surface area contributed by atoms with Crippen LogP contribution in [0.5, 0.6) is 0 Å². The van der Waals surface area contributed by atoms with Gasteiger partial charge in [0.25, 0.3) is 0 Å². The van der Waals surface area contributed by atoms with Crippen LogP contribution < -0.4 is 5.32 Å². The van der Waals surface area contributed by atoms with Gasteiger partial charge < -0.3 is 19.6 Å². The lowest BCUT2D eigenvalue weighted by Gasteiger charge is -2.32. The molecule has 6 nitrogen and oxygen atoms in total. The summed E-state index contributed by atoms with van der Waals surface area (Å²) in [5.74, 6) is 1.88. The minimum atomic E-state index is 0.217. The van der Waals surface area contributed by atoms with Crippen LogP contribution in [0.15, 0.2) is 40.9 Å². The summed E-state index contributed by atoms with van der Waals surface area (Å²) in [6.45, 7) is 3.31. The van der Waals surface area contributed by atoms with Crippen molar-refractivity contribution >= 4 is 5.91 Å². The highest BCUT2D eigenvalue weighted by atomic mass is 16.5. The number of hydrogen-bond donors (Lipinski definition) is 1. The number of benzene rings is 1. The molecule has 2 aromatic rings. The Labute approximate surface area is 167 Å². The SMILES string of the molecule is CN(C)Cc1cc(C[C@H]2CNCC[C@H]2CC(=O)N(C)Cc2ccccc2)no1. The van der Waals surface area contributed by atoms with Gasteiger partial charge in [0.15, 0.2) is 5.76 Å². The predicted octanol–water partition coefficient (Wildman–Crippen LogP) is 2.55. The lowest BCUT2D eigenvalue weighted by molar-refractivity contribution is -0.132. The molecule has 1 aromatic carbocycles. The summed E-state index contributed by atoms with van der Waals surface area (Å²) >= 11 is 0. The smallest absolute Gasteiger partial charge is 0.222 e. The van der Waals surface area contributed by atoms with E-state index in [9.17, 15) is 4.79 Å². The van der Waals surface area contributed by atoms with Crippen molar-refractivity contribution in [3.8, 4) is 0 Å². The van der Waals surface area contributed by atoms with Gasteiger partial charge in [-0.1, -0.05) is 35.5 Å². The topological polar surface area (TPSA) is 61.6 Å². The van der Waals surface area contributed by atoms with Crippen LogP contribution in [0.1, 0.15) is 29.9 Å². The number of carbonyl (C=O) groups is 1. The summed E-state index contributed by atoms with van der Waals surface area (Å²) in [7, 11) is 5.93. The first kappa shape index (κ1) is 20.6. The Balaban J connectivity index is 1.56. The number of hydrogen-bond acceptors (Lipinski definition) is 5. The van der Waals surface area contributed by atoms with Crippen LogP contribution in [0.4, 0.5) is 0 Å². The van der Waals surface area contributed by atoms with Crippen molar-refractivity contribution in [2.24, 2.45) is 11.8 Å². The van der Waals surface area contributed by atoms with Gasteiger partial charge in [-0.25, -0.2) is 0 Å². The number of nitrogens with one attached hydrogen (secondary N) is 1. The molecule has 1 aliphatic rings. The second-order valence-corrected chi connectivity index (χ2v) is 8.18. The van der Waals surface area contributed by atoms with E-state index < -0.39 is 0 Å². The van der Waals surface area contributed by atoms with Crippen molar-refractivity contribution in [2.75, 3.05) is 34.2 Å². The molecular formula is C22H32N4O2. The standard InChI is InChI=1S/C22H32N4O2/c1-25(2)16-21-13-20(24-28-21)11-19-14-23-10-9-18(19)12-22(27)26(3)15-17-7-5-4-6-8-17/h4-8,13,18-19,23H,9-12,14-16H2,1-3H3/t18-,19-/m0/s1. The van der Waals surface area contributed by atoms with E-state index >= 15 is 0 Å². The fourth-order valence-electron chi connectivity index (χ4n) is 3.92. The maximum atomic E-state index is 12.8. The van der Waals surface area contributed by atoms with Crippen molar-refractivity contribution in [2.45, 2.75) is 32.4 Å². The van der Waals surface area contributed by atoms with Gasteiger partial charge in [0, 0.05) is 26.1 Å². The average Bonchev–Trinajstić information content (AvgIpc) is 3.10. The lowest BCUT2D eigenvalue weighted by Crippen LogP contribution is -2.40. The molecule has 1 fully saturated rings. The predicted molar refractivity (Wildman–Crippen MR) is 110 cm³/mol. The van der Waals surface area contributed by atoms with Gasteiger partial charge in [0.05, 0.1) is 12.2 Å². The zero-order chi connectivity index (χ0) is 19.9. The summed E-state index contributed by atoms with van der Waals surface area (Å²) in [5.41, 5.74) is 2.15. The molecule has 0 unspecified atom stereocenters. The third-order valence-electron chi connectivity index (χ3n) is 5.44. The second kappa shape index (κ2) is 9.85. The van der Waals surface area contributed by atoms with Crippen LogP contribution in [0.2, 0.25) is 0 Å². The van der Waals surface area contributed by atoms with Gasteiger partial charge in [-0.3, -0.25) is 4.79 Å². The van der Waals surface area contributed by atoms with Crippen LogP contribution in [0.25, 0.3) is 0 Å². The number of amides is 1. The molecule has 2 heterocycles. The van der Waals surface area contributed by atoms with E-state index in [0.29, 0.717) is 24.8 Å². The van der Waals surface area contributed by atoms with Crippen LogP contribution in [-0.2, 0) is 24.3 Å². The van der Waals surface area contributed by atoms with Crippen LogP contribution in [0, 0.1) is 11.8 Å². The summed E-state index contributed by atoms with van der Waals surface area (Å²) < 4.78 is 5.45. The van der Waals surface area contributed by atoms with E-state index in [1.54, 1.807) is 0 Å². The molecule has 1 aliphatic heterocycles. The maximum absolute atomic E-state index is 12.8. The molecule has 0 spiro atoms. The number of carbonyl (C=O) groups excluding carboxylic acids is 1. The fourth-order valence-corrected chi connectivity index (χ4v) is 3.92. The van der Waals surface area contributed by atoms with Crippen molar-refractivity contribution in [1.82, 2.24) is 20.3 Å². The number of rotatable bonds is 8. The molecule has 1 aromatic heterocycles. The van der Waals surface area contributed by atoms with Gasteiger partial charge in [0.2, 0.25) is 5.91 Å². The van der Waals surface area contributed by atoms with Gasteiger partial charge in [-0.15, -0.1) is 0 Å². The molecule has 0 saturated carbocycles. The zero-order valence-corrected chi connectivity index (χ0v) is 17.2. The molecule has 1 saturated heterocycles. The molecule has 1 N–H and O–H groups in total. The van der Waals surface area contributed by atoms with E-state index in [0.717, 1.165) is 49.5 Å². The molecular weight excluding hydrogens is 352 g/mol. The van der Waals surface area contributed by atoms with Crippen LogP contribution >= 0.6 is 0 Å². The molecule has 1 amide bonds. The van der Waals surface area contributed by atoms with Crippen molar-refractivity contribution in [3.05, 3.63) is 53.4 Å². The van der Waals surface area contributed by atoms with E-state index in [1.165, 1.54) is 0 Å². The molecule has 152 valence electrons. The first-order valence-corrected chi connectivity index (χ1v) is 10.1. The number of piperidine rings is 1. The van der Waals surface area contributed by atoms with E-state index in [1.807, 2.05) is 44.2 Å². The Morgan fingerprint density at radius 3 is 2.71 bits per heavy atom. The molecule has 0 radical (unpaired) electrons. The van der Waals surface area contributed by atoms with E-state index in [-0.39, 0.29) is 5.91 Å². The highest BCUT2D eigenvalue weighted by Gasteiger charge is 2.29. The summed E-state index contributed by atoms with van der Waals surface area (Å²) in [6, 6.07) is 12.2. The fraction of sp³-hybridized carbons (Fsp3) is 0.545. The van der Waals surface area contributed by atoms with Crippen LogP contribution in [0.3, 0.4) is 0 Å². The Kier molecular flexibility index (Phi) is 7.23. The maximum Gasteiger partial charge on any atom is 0.222 e. The summed E-state index contributed by atoms with van der Waals surface area (Å²) in [6.07, 6.45) is 2.47. The first-order chi connectivity index (χ1) is 13.5. The zero-order valence-electron chi connectivity index (χ0n) is 17.2. The summed E-state index contributed by atoms with van der Waals surface area (Å²) in [4.78, 5) is 16.7. The Morgan fingerprint density at radius 2 is 1.96 bits per heavy atom. The minimum Gasteiger partial charge on any atom is -0.360 e. The van der Waals surface area contributed by atoms with Gasteiger partial charge in [-0.05, 0) is 57.4 Å². The monoisotopic (exact) mass is 384 g/mol. The normalized spacial score (nSPS) is 19.7. The number of aromatic nitrogens is 1. The minimum absolute atomic E-state index is 0.217. The number of nitrogens with zero attached hydrogens (tertiary/aromatic N) is 3. The largest absolute Gasteiger partial charge is 0.360 e. The molecule has 3 rings (SSSR count). The third-order valence-corrected chi connectivity index (χ3v) is 5.44. The second-order valence-electron chi connectivity index (χ2n) is 8.18. The highest BCUT2D eigenvalue weighted by molar-refractivity contribution is 5.76. The van der Waals surface area contributed by atoms with Crippen molar-refractivity contribution < 1.29 is 9.32 Å². The van der Waals surface area contributed by atoms with Gasteiger partial charge >= 0.3 is 0 Å².